The summed E-state index contributed by atoms with van der Waals surface area (Å²) in [7, 11) is -1.26. The average molecular weight is 296 g/mol. The molecule has 0 aliphatic carbocycles. The molecule has 1 amide bonds. The molecule has 1 unspecified atom stereocenters. The molecule has 0 radical (unpaired) electrons. The minimum absolute atomic E-state index is 0.152. The summed E-state index contributed by atoms with van der Waals surface area (Å²) in [5.74, 6) is -0.678. The first kappa shape index (κ1) is 14.3. The number of halogens is 1. The Balaban J connectivity index is 1.92. The van der Waals surface area contributed by atoms with Crippen molar-refractivity contribution in [1.82, 2.24) is 14.8 Å². The summed E-state index contributed by atoms with van der Waals surface area (Å²) < 4.78 is 25.9. The van der Waals surface area contributed by atoms with E-state index >= 15 is 0 Å². The summed E-state index contributed by atoms with van der Waals surface area (Å²) in [5.41, 5.74) is 0.401. The van der Waals surface area contributed by atoms with Gasteiger partial charge >= 0.3 is 0 Å². The van der Waals surface area contributed by atoms with Crippen LogP contribution in [0.5, 0.6) is 0 Å². The zero-order valence-corrected chi connectivity index (χ0v) is 11.6. The molecule has 1 heterocycles. The average Bonchev–Trinajstić information content (AvgIpc) is 2.85. The van der Waals surface area contributed by atoms with E-state index in [0.717, 1.165) is 0 Å². The van der Waals surface area contributed by atoms with Crippen LogP contribution >= 0.6 is 0 Å². The molecule has 2 rings (SSSR count). The fraction of sp³-hybridized carbons (Fsp3) is 0.250. The number of benzene rings is 1. The second kappa shape index (κ2) is 6.38. The summed E-state index contributed by atoms with van der Waals surface area (Å²) >= 11 is 0. The van der Waals surface area contributed by atoms with Crippen molar-refractivity contribution in [2.75, 3.05) is 11.6 Å². The van der Waals surface area contributed by atoms with Crippen LogP contribution in [0.1, 0.15) is 6.42 Å². The lowest BCUT2D eigenvalue weighted by Gasteiger charge is -2.06. The molecule has 0 saturated carbocycles. The molecule has 1 aromatic heterocycles. The van der Waals surface area contributed by atoms with E-state index in [9.17, 15) is 13.4 Å². The Morgan fingerprint density at radius 1 is 1.50 bits per heavy atom. The highest BCUT2D eigenvalue weighted by molar-refractivity contribution is 7.84. The third-order valence-electron chi connectivity index (χ3n) is 2.53. The number of nitrogens with one attached hydrogen (secondary N) is 1. The number of rotatable bonds is 5. The van der Waals surface area contributed by atoms with E-state index in [1.54, 1.807) is 10.6 Å². The van der Waals surface area contributed by atoms with Gasteiger partial charge in [0.2, 0.25) is 11.1 Å². The van der Waals surface area contributed by atoms with E-state index in [1.807, 2.05) is 0 Å². The fourth-order valence-electron chi connectivity index (χ4n) is 1.63. The predicted octanol–water partition coefficient (Wildman–Crippen LogP) is 1.18. The highest BCUT2D eigenvalue weighted by Crippen LogP contribution is 2.10. The molecular formula is C12H13FN4O2S. The Hall–Kier alpha value is -2.09. The van der Waals surface area contributed by atoms with Gasteiger partial charge in [0.25, 0.3) is 0 Å². The summed E-state index contributed by atoms with van der Waals surface area (Å²) in [6.07, 6.45) is 3.07. The predicted molar refractivity (Wildman–Crippen MR) is 72.0 cm³/mol. The zero-order valence-electron chi connectivity index (χ0n) is 10.7. The van der Waals surface area contributed by atoms with Gasteiger partial charge in [0.1, 0.15) is 12.1 Å². The quantitative estimate of drug-likeness (QED) is 0.899. The minimum atomic E-state index is -1.26. The largest absolute Gasteiger partial charge is 0.326 e. The first-order valence-electron chi connectivity index (χ1n) is 5.83. The van der Waals surface area contributed by atoms with E-state index in [1.165, 1.54) is 30.8 Å². The van der Waals surface area contributed by atoms with Gasteiger partial charge in [-0.25, -0.2) is 4.39 Å². The number of nitrogens with zero attached hydrogens (tertiary/aromatic N) is 3. The van der Waals surface area contributed by atoms with Gasteiger partial charge in [-0.05, 0) is 18.2 Å². The van der Waals surface area contributed by atoms with Gasteiger partial charge in [-0.3, -0.25) is 9.00 Å². The Morgan fingerprint density at radius 3 is 3.00 bits per heavy atom. The molecule has 0 fully saturated rings. The molecule has 6 nitrogen and oxygen atoms in total. The molecule has 1 aromatic carbocycles. The van der Waals surface area contributed by atoms with Crippen molar-refractivity contribution >= 4 is 22.4 Å². The topological polar surface area (TPSA) is 76.9 Å². The van der Waals surface area contributed by atoms with Gasteiger partial charge in [-0.15, -0.1) is 10.2 Å². The third-order valence-corrected chi connectivity index (χ3v) is 3.36. The lowest BCUT2D eigenvalue weighted by molar-refractivity contribution is -0.116. The van der Waals surface area contributed by atoms with Crippen molar-refractivity contribution in [2.24, 2.45) is 0 Å². The van der Waals surface area contributed by atoms with Crippen molar-refractivity contribution < 1.29 is 13.4 Å². The number of aromatic nitrogens is 3. The van der Waals surface area contributed by atoms with E-state index in [-0.39, 0.29) is 12.3 Å². The lowest BCUT2D eigenvalue weighted by Crippen LogP contribution is -2.15. The Labute approximate surface area is 117 Å². The normalized spacial score (nSPS) is 12.1. The first-order chi connectivity index (χ1) is 9.56. The molecule has 0 saturated heterocycles. The van der Waals surface area contributed by atoms with E-state index in [0.29, 0.717) is 17.4 Å². The summed E-state index contributed by atoms with van der Waals surface area (Å²) in [4.78, 5) is 11.7. The Morgan fingerprint density at radius 2 is 2.30 bits per heavy atom. The molecular weight excluding hydrogens is 283 g/mol. The Kier molecular flexibility index (Phi) is 4.57. The van der Waals surface area contributed by atoms with Gasteiger partial charge < -0.3 is 9.88 Å². The number of carbonyl (C=O) groups is 1. The van der Waals surface area contributed by atoms with Crippen LogP contribution in [0, 0.1) is 5.82 Å². The van der Waals surface area contributed by atoms with Crippen molar-refractivity contribution in [3.05, 3.63) is 36.4 Å². The van der Waals surface area contributed by atoms with Crippen LogP contribution in [0.3, 0.4) is 0 Å². The van der Waals surface area contributed by atoms with Gasteiger partial charge in [-0.2, -0.15) is 0 Å². The smallest absolute Gasteiger partial charge is 0.226 e. The monoisotopic (exact) mass is 296 g/mol. The van der Waals surface area contributed by atoms with E-state index in [2.05, 4.69) is 15.5 Å². The number of anilines is 1. The summed E-state index contributed by atoms with van der Waals surface area (Å²) in [6, 6.07) is 5.66. The molecule has 0 bridgehead atoms. The number of aryl methyl sites for hydroxylation is 1. The zero-order chi connectivity index (χ0) is 14.5. The molecule has 0 spiro atoms. The van der Waals surface area contributed by atoms with Crippen LogP contribution in [0.15, 0.2) is 35.7 Å². The van der Waals surface area contributed by atoms with Crippen LogP contribution in [0.2, 0.25) is 0 Å². The van der Waals surface area contributed by atoms with Crippen LogP contribution < -0.4 is 5.32 Å². The van der Waals surface area contributed by atoms with Crippen LogP contribution in [-0.2, 0) is 22.1 Å². The number of hydrogen-bond acceptors (Lipinski definition) is 4. The minimum Gasteiger partial charge on any atom is -0.326 e. The third kappa shape index (κ3) is 3.70. The maximum atomic E-state index is 13.0. The number of carbonyl (C=O) groups excluding carboxylic acids is 1. The van der Waals surface area contributed by atoms with Crippen molar-refractivity contribution in [1.29, 1.82) is 0 Å². The second-order valence-corrected chi connectivity index (χ2v) is 5.34. The van der Waals surface area contributed by atoms with Gasteiger partial charge in [0.15, 0.2) is 0 Å². The lowest BCUT2D eigenvalue weighted by atomic mass is 10.3. The molecule has 8 heteroatoms. The van der Waals surface area contributed by atoms with Gasteiger partial charge in [0, 0.05) is 24.9 Å². The Bertz CT molecular complexity index is 644. The summed E-state index contributed by atoms with van der Waals surface area (Å²) in [6.45, 7) is 0.309. The highest BCUT2D eigenvalue weighted by atomic mass is 32.2. The van der Waals surface area contributed by atoms with Crippen molar-refractivity contribution in [3.8, 4) is 0 Å². The van der Waals surface area contributed by atoms with Crippen LogP contribution in [0.25, 0.3) is 0 Å². The maximum absolute atomic E-state index is 13.0. The molecule has 2 aromatic rings. The molecule has 20 heavy (non-hydrogen) atoms. The van der Waals surface area contributed by atoms with Crippen molar-refractivity contribution in [2.45, 2.75) is 18.1 Å². The maximum Gasteiger partial charge on any atom is 0.226 e. The molecule has 0 aliphatic rings. The first-order valence-corrected chi connectivity index (χ1v) is 7.38. The molecule has 106 valence electrons. The number of hydrogen-bond donors (Lipinski definition) is 1. The number of amides is 1. The van der Waals surface area contributed by atoms with E-state index in [4.69, 9.17) is 0 Å². The van der Waals surface area contributed by atoms with Crippen LogP contribution in [0.4, 0.5) is 10.1 Å². The molecule has 1 N–H and O–H groups in total. The van der Waals surface area contributed by atoms with Gasteiger partial charge in [0.05, 0.1) is 10.8 Å². The van der Waals surface area contributed by atoms with Gasteiger partial charge in [-0.1, -0.05) is 6.07 Å². The highest BCUT2D eigenvalue weighted by Gasteiger charge is 2.10. The summed E-state index contributed by atoms with van der Waals surface area (Å²) in [5, 5.41) is 10.3. The standard InChI is InChI=1S/C12H13FN4O2S/c1-20(19)12-16-14-8-17(12)6-5-11(18)15-10-4-2-3-9(13)7-10/h2-4,7-8H,5-6H2,1H3,(H,15,18). The van der Waals surface area contributed by atoms with Crippen molar-refractivity contribution in [3.63, 3.8) is 0 Å². The SMILES string of the molecule is CS(=O)c1nncn1CCC(=O)Nc1cccc(F)c1. The molecule has 1 atom stereocenters. The second-order valence-electron chi connectivity index (χ2n) is 4.07. The van der Waals surface area contributed by atoms with Crippen LogP contribution in [-0.4, -0.2) is 31.1 Å². The van der Waals surface area contributed by atoms with E-state index < -0.39 is 16.6 Å². The fourth-order valence-corrected chi connectivity index (χ4v) is 2.26. The molecule has 0 aliphatic heterocycles.